The van der Waals surface area contributed by atoms with E-state index in [2.05, 4.69) is 208 Å². The second-order valence-electron chi connectivity index (χ2n) is 20.5. The van der Waals surface area contributed by atoms with Crippen molar-refractivity contribution in [3.63, 3.8) is 0 Å². The summed E-state index contributed by atoms with van der Waals surface area (Å²) in [5.74, 6) is 0. The van der Waals surface area contributed by atoms with Crippen LogP contribution in [0.1, 0.15) is 98.6 Å². The van der Waals surface area contributed by atoms with E-state index < -0.39 is 0 Å². The third-order valence-corrected chi connectivity index (χ3v) is 17.0. The minimum Gasteiger partial charge on any atom is -0.344 e. The summed E-state index contributed by atoms with van der Waals surface area (Å²) in [5, 5.41) is 0. The van der Waals surface area contributed by atoms with Gasteiger partial charge >= 0.3 is 0 Å². The molecule has 8 aromatic carbocycles. The van der Waals surface area contributed by atoms with E-state index in [1.54, 1.807) is 0 Å². The quantitative estimate of drug-likeness (QED) is 0.174. The molecular weight excluding hydrogens is 785 g/mol. The van der Waals surface area contributed by atoms with Gasteiger partial charge in [-0.2, -0.15) is 0 Å². The zero-order chi connectivity index (χ0) is 43.7. The molecule has 2 heterocycles. The summed E-state index contributed by atoms with van der Waals surface area (Å²) in [6.07, 6.45) is 10.2. The number of para-hydroxylation sites is 2. The van der Waals surface area contributed by atoms with Gasteiger partial charge in [-0.25, -0.2) is 0 Å². The molecule has 0 unspecified atom stereocenters. The highest BCUT2D eigenvalue weighted by Crippen LogP contribution is 2.58. The molecule has 65 heavy (non-hydrogen) atoms. The standard InChI is InChI=1S/C63H56N2/c1-61(2)55-37-45(41-17-21-43(22-18-41)47-27-31-53-59(39-47)64(3)57-15-7-5-13-51(57)62(53)33-9-10-34-62)25-29-49(55)50-30-26-46(38-56(50)61)42-19-23-44(24-20-42)48-28-32-54-60(40-48)65(4)58-16-8-6-14-52(58)63(54)35-11-12-36-63/h5-8,13-32,37-40H,9-12,33-36H2,1-4H3. The first kappa shape index (κ1) is 38.8. The van der Waals surface area contributed by atoms with Crippen LogP contribution in [0.2, 0.25) is 0 Å². The largest absolute Gasteiger partial charge is 0.344 e. The van der Waals surface area contributed by atoms with Gasteiger partial charge in [0.15, 0.2) is 0 Å². The Hall–Kier alpha value is -6.64. The van der Waals surface area contributed by atoms with Crippen molar-refractivity contribution in [3.05, 3.63) is 203 Å². The van der Waals surface area contributed by atoms with Crippen LogP contribution in [0, 0.1) is 0 Å². The summed E-state index contributed by atoms with van der Waals surface area (Å²) in [7, 11) is 4.49. The maximum Gasteiger partial charge on any atom is 0.0456 e. The minimum atomic E-state index is -0.120. The van der Waals surface area contributed by atoms with Gasteiger partial charge in [-0.1, -0.05) is 173 Å². The summed E-state index contributed by atoms with van der Waals surface area (Å²) in [4.78, 5) is 4.85. The predicted molar refractivity (Wildman–Crippen MR) is 273 cm³/mol. The molecule has 5 aliphatic rings. The van der Waals surface area contributed by atoms with Gasteiger partial charge in [-0.15, -0.1) is 0 Å². The fourth-order valence-corrected chi connectivity index (χ4v) is 13.5. The lowest BCUT2D eigenvalue weighted by atomic mass is 9.69. The molecule has 2 fully saturated rings. The molecule has 318 valence electrons. The van der Waals surface area contributed by atoms with E-state index in [0.717, 1.165) is 0 Å². The van der Waals surface area contributed by atoms with E-state index in [0.29, 0.717) is 0 Å². The summed E-state index contributed by atoms with van der Waals surface area (Å²) in [5.41, 5.74) is 27.3. The molecule has 2 saturated carbocycles. The van der Waals surface area contributed by atoms with Crippen LogP contribution in [0.3, 0.4) is 0 Å². The SMILES string of the molecule is CN1c2ccccc2C2(CCCC2)c2ccc(-c3ccc(-c4ccc5c(c4)C(C)(C)c4cc(-c6ccc(-c7ccc8c(c7)N(C)c7ccccc7C87CCCC7)cc6)ccc4-5)cc3)cc21. The second-order valence-corrected chi connectivity index (χ2v) is 20.5. The zero-order valence-electron chi connectivity index (χ0n) is 38.2. The summed E-state index contributed by atoms with van der Waals surface area (Å²) in [6, 6.07) is 65.5. The molecule has 2 nitrogen and oxygen atoms in total. The summed E-state index contributed by atoms with van der Waals surface area (Å²) >= 11 is 0. The van der Waals surface area contributed by atoms with Gasteiger partial charge in [0.25, 0.3) is 0 Å². The van der Waals surface area contributed by atoms with Crippen molar-refractivity contribution in [1.29, 1.82) is 0 Å². The molecule has 0 aromatic heterocycles. The Kier molecular flexibility index (Phi) is 8.46. The molecule has 0 atom stereocenters. The monoisotopic (exact) mass is 840 g/mol. The minimum absolute atomic E-state index is 0.120. The topological polar surface area (TPSA) is 6.48 Å². The molecule has 8 aromatic rings. The molecule has 2 heteroatoms. The first-order valence-electron chi connectivity index (χ1n) is 24.2. The average Bonchev–Trinajstić information content (AvgIpc) is 4.11. The number of hydrogen-bond donors (Lipinski definition) is 0. The van der Waals surface area contributed by atoms with E-state index >= 15 is 0 Å². The van der Waals surface area contributed by atoms with Crippen LogP contribution >= 0.6 is 0 Å². The third-order valence-electron chi connectivity index (χ3n) is 17.0. The van der Waals surface area contributed by atoms with Crippen LogP contribution in [-0.2, 0) is 16.2 Å². The second kappa shape index (κ2) is 14.2. The molecule has 2 aliphatic heterocycles. The number of anilines is 4. The Morgan fingerprint density at radius 1 is 0.308 bits per heavy atom. The summed E-state index contributed by atoms with van der Waals surface area (Å²) < 4.78 is 0. The molecule has 0 bridgehead atoms. The molecule has 0 amide bonds. The Bertz CT molecular complexity index is 2990. The maximum atomic E-state index is 2.45. The van der Waals surface area contributed by atoms with E-state index in [-0.39, 0.29) is 16.2 Å². The van der Waals surface area contributed by atoms with Gasteiger partial charge in [0.2, 0.25) is 0 Å². The normalized spacial score (nSPS) is 17.7. The highest BCUT2D eigenvalue weighted by molar-refractivity contribution is 5.88. The fraction of sp³-hybridized carbons (Fsp3) is 0.238. The van der Waals surface area contributed by atoms with Gasteiger partial charge in [-0.3, -0.25) is 0 Å². The van der Waals surface area contributed by atoms with Crippen molar-refractivity contribution >= 4 is 22.7 Å². The van der Waals surface area contributed by atoms with Crippen LogP contribution in [0.25, 0.3) is 55.6 Å². The van der Waals surface area contributed by atoms with E-state index in [9.17, 15) is 0 Å². The average molecular weight is 841 g/mol. The van der Waals surface area contributed by atoms with E-state index in [1.165, 1.54) is 163 Å². The van der Waals surface area contributed by atoms with Gasteiger partial charge in [0, 0.05) is 53.1 Å². The third kappa shape index (κ3) is 5.59. The van der Waals surface area contributed by atoms with Crippen molar-refractivity contribution in [3.8, 4) is 55.6 Å². The lowest BCUT2D eigenvalue weighted by molar-refractivity contribution is 0.529. The highest BCUT2D eigenvalue weighted by Gasteiger charge is 2.46. The molecule has 3 aliphatic carbocycles. The van der Waals surface area contributed by atoms with Gasteiger partial charge in [0.1, 0.15) is 0 Å². The molecule has 2 spiro atoms. The lowest BCUT2D eigenvalue weighted by Gasteiger charge is -2.42. The van der Waals surface area contributed by atoms with Crippen molar-refractivity contribution in [2.45, 2.75) is 81.5 Å². The van der Waals surface area contributed by atoms with Gasteiger partial charge in [0.05, 0.1) is 0 Å². The Balaban J connectivity index is 0.762. The molecule has 0 radical (unpaired) electrons. The number of nitrogens with zero attached hydrogens (tertiary/aromatic N) is 2. The fourth-order valence-electron chi connectivity index (χ4n) is 13.5. The lowest BCUT2D eigenvalue weighted by Crippen LogP contribution is -2.33. The van der Waals surface area contributed by atoms with Crippen LogP contribution in [0.4, 0.5) is 22.7 Å². The number of fused-ring (bicyclic) bond motifs is 11. The van der Waals surface area contributed by atoms with Gasteiger partial charge in [-0.05, 0) is 151 Å². The first-order valence-corrected chi connectivity index (χ1v) is 24.2. The van der Waals surface area contributed by atoms with Crippen molar-refractivity contribution < 1.29 is 0 Å². The molecule has 0 saturated heterocycles. The number of rotatable bonds is 4. The van der Waals surface area contributed by atoms with Crippen LogP contribution in [0.15, 0.2) is 170 Å². The van der Waals surface area contributed by atoms with Crippen LogP contribution in [-0.4, -0.2) is 14.1 Å². The zero-order valence-corrected chi connectivity index (χ0v) is 38.2. The number of hydrogen-bond acceptors (Lipinski definition) is 2. The predicted octanol–water partition coefficient (Wildman–Crippen LogP) is 16.5. The van der Waals surface area contributed by atoms with Crippen molar-refractivity contribution in [2.24, 2.45) is 0 Å². The molecule has 0 N–H and O–H groups in total. The summed E-state index contributed by atoms with van der Waals surface area (Å²) in [6.45, 7) is 4.81. The Morgan fingerprint density at radius 3 is 1.00 bits per heavy atom. The van der Waals surface area contributed by atoms with Crippen molar-refractivity contribution in [2.75, 3.05) is 23.9 Å². The van der Waals surface area contributed by atoms with Crippen LogP contribution in [0.5, 0.6) is 0 Å². The first-order chi connectivity index (χ1) is 31.7. The highest BCUT2D eigenvalue weighted by atomic mass is 15.1. The Morgan fingerprint density at radius 2 is 0.615 bits per heavy atom. The van der Waals surface area contributed by atoms with Crippen molar-refractivity contribution in [1.82, 2.24) is 0 Å². The smallest absolute Gasteiger partial charge is 0.0456 e. The van der Waals surface area contributed by atoms with Gasteiger partial charge < -0.3 is 9.80 Å². The molecular formula is C63H56N2. The van der Waals surface area contributed by atoms with E-state index in [4.69, 9.17) is 0 Å². The molecule has 13 rings (SSSR count). The Labute approximate surface area is 385 Å². The number of benzene rings is 8. The van der Waals surface area contributed by atoms with Crippen LogP contribution < -0.4 is 9.80 Å². The maximum absolute atomic E-state index is 2.45. The van der Waals surface area contributed by atoms with E-state index in [1.807, 2.05) is 0 Å².